The van der Waals surface area contributed by atoms with Gasteiger partial charge in [0.25, 0.3) is 0 Å². The summed E-state index contributed by atoms with van der Waals surface area (Å²) in [5.41, 5.74) is -2.01. The van der Waals surface area contributed by atoms with Crippen LogP contribution in [0.3, 0.4) is 0 Å². The number of nitrogens with one attached hydrogen (secondary N) is 1. The summed E-state index contributed by atoms with van der Waals surface area (Å²) >= 11 is 12.1. The highest BCUT2D eigenvalue weighted by Crippen LogP contribution is 2.44. The van der Waals surface area contributed by atoms with Gasteiger partial charge in [-0.05, 0) is 12.1 Å². The fourth-order valence-corrected chi connectivity index (χ4v) is 3.16. The van der Waals surface area contributed by atoms with E-state index in [2.05, 4.69) is 4.98 Å². The van der Waals surface area contributed by atoms with Gasteiger partial charge in [0.15, 0.2) is 29.6 Å². The van der Waals surface area contributed by atoms with Crippen LogP contribution in [0.1, 0.15) is 10.5 Å². The third-order valence-electron chi connectivity index (χ3n) is 3.72. The van der Waals surface area contributed by atoms with E-state index in [-0.39, 0.29) is 26.9 Å². The van der Waals surface area contributed by atoms with Gasteiger partial charge in [0, 0.05) is 32.9 Å². The molecule has 0 aliphatic rings. The molecule has 0 bridgehead atoms. The molecule has 3 aromatic rings. The summed E-state index contributed by atoms with van der Waals surface area (Å²) in [5.74, 6) is -10.6. The van der Waals surface area contributed by atoms with Crippen LogP contribution in [0.15, 0.2) is 24.4 Å². The van der Waals surface area contributed by atoms with Crippen LogP contribution in [0.25, 0.3) is 22.3 Å². The van der Waals surface area contributed by atoms with Gasteiger partial charge in [0.05, 0.1) is 11.3 Å². The van der Waals surface area contributed by atoms with E-state index in [1.807, 2.05) is 0 Å². The summed E-state index contributed by atoms with van der Waals surface area (Å²) in [7, 11) is 0. The Kier molecular flexibility index (Phi) is 4.77. The Morgan fingerprint density at radius 1 is 0.769 bits per heavy atom. The molecule has 0 unspecified atom stereocenters. The van der Waals surface area contributed by atoms with Crippen molar-refractivity contribution >= 4 is 29.5 Å². The first-order valence-corrected chi connectivity index (χ1v) is 7.67. The molecule has 1 heterocycles. The molecule has 0 aliphatic carbocycles. The first-order valence-electron chi connectivity index (χ1n) is 6.92. The van der Waals surface area contributed by atoms with E-state index in [1.54, 1.807) is 0 Å². The topological polar surface area (TPSA) is 32.9 Å². The number of rotatable bonds is 3. The lowest BCUT2D eigenvalue weighted by Crippen LogP contribution is -2.04. The van der Waals surface area contributed by atoms with Gasteiger partial charge in [-0.3, -0.25) is 4.79 Å². The molecule has 2 aromatic carbocycles. The zero-order valence-electron chi connectivity index (χ0n) is 12.4. The van der Waals surface area contributed by atoms with Gasteiger partial charge in [0.1, 0.15) is 0 Å². The second-order valence-electron chi connectivity index (χ2n) is 5.15. The quantitative estimate of drug-likeness (QED) is 0.240. The molecule has 3 rings (SSSR count). The molecule has 0 spiro atoms. The molecule has 0 amide bonds. The summed E-state index contributed by atoms with van der Waals surface area (Å²) in [6, 6.07) is 4.28. The van der Waals surface area contributed by atoms with Crippen molar-refractivity contribution in [1.29, 1.82) is 0 Å². The summed E-state index contributed by atoms with van der Waals surface area (Å²) in [5, 5.41) is 0.0376. The van der Waals surface area contributed by atoms with Crippen LogP contribution >= 0.6 is 23.2 Å². The molecule has 2 nitrogen and oxygen atoms in total. The lowest BCUT2D eigenvalue weighted by Gasteiger charge is -2.12. The lowest BCUT2D eigenvalue weighted by atomic mass is 9.95. The SMILES string of the molecule is O=Cc1[nH]cc(-c2c(F)c(F)c(F)c(F)c2F)c1-c1c(Cl)cccc1Cl. The van der Waals surface area contributed by atoms with Crippen molar-refractivity contribution in [2.75, 3.05) is 0 Å². The number of aromatic nitrogens is 1. The average molecular weight is 406 g/mol. The highest BCUT2D eigenvalue weighted by atomic mass is 35.5. The molecule has 9 heteroatoms. The van der Waals surface area contributed by atoms with E-state index in [0.29, 0.717) is 6.29 Å². The Bertz CT molecular complexity index is 999. The number of benzene rings is 2. The van der Waals surface area contributed by atoms with Gasteiger partial charge in [-0.1, -0.05) is 29.3 Å². The first-order chi connectivity index (χ1) is 12.3. The molecule has 1 N–H and O–H groups in total. The number of hydrogen-bond donors (Lipinski definition) is 1. The molecule has 134 valence electrons. The summed E-state index contributed by atoms with van der Waals surface area (Å²) in [4.78, 5) is 13.7. The molecular formula is C17H6Cl2F5NO. The highest BCUT2D eigenvalue weighted by molar-refractivity contribution is 6.39. The van der Waals surface area contributed by atoms with Gasteiger partial charge >= 0.3 is 0 Å². The number of aldehydes is 1. The molecule has 0 fully saturated rings. The van der Waals surface area contributed by atoms with Crippen LogP contribution in [-0.4, -0.2) is 11.3 Å². The minimum Gasteiger partial charge on any atom is -0.358 e. The van der Waals surface area contributed by atoms with Crippen LogP contribution in [0.2, 0.25) is 10.0 Å². The van der Waals surface area contributed by atoms with E-state index < -0.39 is 40.2 Å². The minimum absolute atomic E-state index is 0.0122. The highest BCUT2D eigenvalue weighted by Gasteiger charge is 2.30. The third-order valence-corrected chi connectivity index (χ3v) is 4.35. The molecule has 1 aromatic heterocycles. The largest absolute Gasteiger partial charge is 0.358 e. The van der Waals surface area contributed by atoms with Crippen molar-refractivity contribution in [2.45, 2.75) is 0 Å². The lowest BCUT2D eigenvalue weighted by molar-refractivity contribution is 0.112. The average Bonchev–Trinajstić information content (AvgIpc) is 3.02. The molecule has 0 aliphatic heterocycles. The van der Waals surface area contributed by atoms with E-state index in [4.69, 9.17) is 23.2 Å². The van der Waals surface area contributed by atoms with Crippen molar-refractivity contribution in [2.24, 2.45) is 0 Å². The van der Waals surface area contributed by atoms with Crippen LogP contribution < -0.4 is 0 Å². The number of hydrogen-bond acceptors (Lipinski definition) is 1. The van der Waals surface area contributed by atoms with Gasteiger partial charge in [-0.2, -0.15) is 0 Å². The Morgan fingerprint density at radius 2 is 1.27 bits per heavy atom. The predicted octanol–water partition coefficient (Wildman–Crippen LogP) is 6.16. The number of halogens is 7. The van der Waals surface area contributed by atoms with E-state index in [1.165, 1.54) is 18.2 Å². The van der Waals surface area contributed by atoms with Gasteiger partial charge < -0.3 is 4.98 Å². The molecule has 0 saturated carbocycles. The summed E-state index contributed by atoms with van der Waals surface area (Å²) in [6.07, 6.45) is 1.25. The normalized spacial score (nSPS) is 11.0. The Labute approximate surface area is 153 Å². The molecule has 26 heavy (non-hydrogen) atoms. The zero-order chi connectivity index (χ0) is 19.2. The fraction of sp³-hybridized carbons (Fsp3) is 0. The van der Waals surface area contributed by atoms with Crippen molar-refractivity contribution in [3.8, 4) is 22.3 Å². The summed E-state index contributed by atoms with van der Waals surface area (Å²) < 4.78 is 68.9. The molecule has 0 radical (unpaired) electrons. The van der Waals surface area contributed by atoms with Gasteiger partial charge in [0.2, 0.25) is 5.82 Å². The maximum Gasteiger partial charge on any atom is 0.200 e. The fourth-order valence-electron chi connectivity index (χ4n) is 2.58. The molecule has 0 atom stereocenters. The monoisotopic (exact) mass is 405 g/mol. The minimum atomic E-state index is -2.28. The van der Waals surface area contributed by atoms with Crippen LogP contribution in [0, 0.1) is 29.1 Å². The standard InChI is InChI=1S/C17H6Cl2F5NO/c18-7-2-1-3-8(19)12(7)10-6(4-25-9(10)5-26)11-13(20)15(22)17(24)16(23)14(11)21/h1-5,25H. The molecular weight excluding hydrogens is 400 g/mol. The maximum atomic E-state index is 14.2. The summed E-state index contributed by atoms with van der Waals surface area (Å²) in [6.45, 7) is 0. The zero-order valence-corrected chi connectivity index (χ0v) is 14.0. The van der Waals surface area contributed by atoms with E-state index in [9.17, 15) is 26.7 Å². The van der Waals surface area contributed by atoms with Crippen molar-refractivity contribution in [1.82, 2.24) is 4.98 Å². The number of carbonyl (C=O) groups excluding carboxylic acids is 1. The maximum absolute atomic E-state index is 14.2. The van der Waals surface area contributed by atoms with E-state index in [0.717, 1.165) is 6.20 Å². The second kappa shape index (κ2) is 6.74. The van der Waals surface area contributed by atoms with Crippen molar-refractivity contribution in [3.63, 3.8) is 0 Å². The Balaban J connectivity index is 2.45. The Hall–Kier alpha value is -2.38. The predicted molar refractivity (Wildman–Crippen MR) is 86.9 cm³/mol. The number of carbonyl (C=O) groups is 1. The van der Waals surface area contributed by atoms with Crippen molar-refractivity contribution < 1.29 is 26.7 Å². The second-order valence-corrected chi connectivity index (χ2v) is 5.96. The van der Waals surface area contributed by atoms with Crippen LogP contribution in [-0.2, 0) is 0 Å². The Morgan fingerprint density at radius 3 is 1.77 bits per heavy atom. The van der Waals surface area contributed by atoms with E-state index >= 15 is 0 Å². The first kappa shape index (κ1) is 18.4. The smallest absolute Gasteiger partial charge is 0.200 e. The number of aromatic amines is 1. The molecule has 0 saturated heterocycles. The number of H-pyrrole nitrogens is 1. The van der Waals surface area contributed by atoms with Gasteiger partial charge in [-0.25, -0.2) is 22.0 Å². The van der Waals surface area contributed by atoms with Crippen LogP contribution in [0.5, 0.6) is 0 Å². The van der Waals surface area contributed by atoms with Crippen LogP contribution in [0.4, 0.5) is 22.0 Å². The van der Waals surface area contributed by atoms with Gasteiger partial charge in [-0.15, -0.1) is 0 Å². The van der Waals surface area contributed by atoms with Crippen molar-refractivity contribution in [3.05, 3.63) is 69.2 Å². The third kappa shape index (κ3) is 2.68.